The Morgan fingerprint density at radius 2 is 1.87 bits per heavy atom. The summed E-state index contributed by atoms with van der Waals surface area (Å²) in [5, 5.41) is 47.0. The van der Waals surface area contributed by atoms with Crippen LogP contribution in [-0.2, 0) is 4.74 Å². The average Bonchev–Trinajstić information content (AvgIpc) is 2.21. The highest BCUT2D eigenvalue weighted by Gasteiger charge is 2.51. The van der Waals surface area contributed by atoms with Gasteiger partial charge in [-0.3, -0.25) is 0 Å². The molecule has 0 aromatic carbocycles. The first kappa shape index (κ1) is 12.6. The van der Waals surface area contributed by atoms with Gasteiger partial charge in [-0.15, -0.1) is 6.58 Å². The maximum Gasteiger partial charge on any atom is 0.198 e. The Morgan fingerprint density at radius 3 is 2.33 bits per heavy atom. The molecule has 1 aliphatic rings. The first-order valence-electron chi connectivity index (χ1n) is 4.62. The molecule has 0 aromatic rings. The molecule has 88 valence electrons. The highest BCUT2D eigenvalue weighted by Crippen LogP contribution is 2.30. The quantitative estimate of drug-likeness (QED) is 0.343. The summed E-state index contributed by atoms with van der Waals surface area (Å²) >= 11 is 0. The Kier molecular flexibility index (Phi) is 3.82. The van der Waals surface area contributed by atoms with Crippen LogP contribution in [0.3, 0.4) is 0 Å². The fraction of sp³-hybridized carbons (Fsp3) is 0.778. The van der Waals surface area contributed by atoms with Crippen molar-refractivity contribution in [1.82, 2.24) is 0 Å². The second kappa shape index (κ2) is 4.56. The van der Waals surface area contributed by atoms with E-state index in [1.54, 1.807) is 0 Å². The molecule has 0 spiro atoms. The second-order valence-electron chi connectivity index (χ2n) is 3.60. The third-order valence-electron chi connectivity index (χ3n) is 2.49. The molecule has 1 saturated heterocycles. The maximum absolute atomic E-state index is 9.80. The van der Waals surface area contributed by atoms with E-state index >= 15 is 0 Å². The molecular weight excluding hydrogens is 204 g/mol. The molecule has 0 aromatic heterocycles. The van der Waals surface area contributed by atoms with Gasteiger partial charge in [0, 0.05) is 6.42 Å². The number of aliphatic hydroxyl groups excluding tert-OH is 4. The summed E-state index contributed by atoms with van der Waals surface area (Å²) in [5.41, 5.74) is 0. The predicted octanol–water partition coefficient (Wildman–Crippen LogP) is -2.28. The molecule has 1 fully saturated rings. The van der Waals surface area contributed by atoms with Crippen LogP contribution in [0.1, 0.15) is 6.42 Å². The van der Waals surface area contributed by atoms with Gasteiger partial charge in [0.25, 0.3) is 0 Å². The van der Waals surface area contributed by atoms with Gasteiger partial charge in [-0.05, 0) is 0 Å². The van der Waals surface area contributed by atoms with Gasteiger partial charge in [-0.2, -0.15) is 0 Å². The van der Waals surface area contributed by atoms with E-state index in [-0.39, 0.29) is 6.42 Å². The van der Waals surface area contributed by atoms with Crippen LogP contribution < -0.4 is 0 Å². The highest BCUT2D eigenvalue weighted by atomic mass is 16.7. The minimum Gasteiger partial charge on any atom is -0.394 e. The van der Waals surface area contributed by atoms with Gasteiger partial charge in [0.05, 0.1) is 6.61 Å². The monoisotopic (exact) mass is 220 g/mol. The van der Waals surface area contributed by atoms with Crippen LogP contribution in [0.15, 0.2) is 12.7 Å². The van der Waals surface area contributed by atoms with Gasteiger partial charge >= 0.3 is 0 Å². The van der Waals surface area contributed by atoms with Crippen LogP contribution in [0.25, 0.3) is 0 Å². The summed E-state index contributed by atoms with van der Waals surface area (Å²) in [7, 11) is 0. The lowest BCUT2D eigenvalue weighted by atomic mass is 9.91. The van der Waals surface area contributed by atoms with Gasteiger partial charge < -0.3 is 30.3 Å². The highest BCUT2D eigenvalue weighted by molar-refractivity contribution is 4.98. The Bertz CT molecular complexity index is 231. The van der Waals surface area contributed by atoms with E-state index in [4.69, 9.17) is 9.84 Å². The molecular formula is C9H16O6. The van der Waals surface area contributed by atoms with Gasteiger partial charge in [0.1, 0.15) is 24.4 Å². The Hall–Kier alpha value is -0.500. The molecule has 6 nitrogen and oxygen atoms in total. The van der Waals surface area contributed by atoms with E-state index in [0.717, 1.165) is 0 Å². The summed E-state index contributed by atoms with van der Waals surface area (Å²) in [6.45, 7) is 2.81. The Morgan fingerprint density at radius 1 is 1.27 bits per heavy atom. The van der Waals surface area contributed by atoms with Gasteiger partial charge in [-0.1, -0.05) is 6.08 Å². The molecule has 0 amide bonds. The lowest BCUT2D eigenvalue weighted by molar-refractivity contribution is -0.347. The van der Waals surface area contributed by atoms with Crippen molar-refractivity contribution in [3.8, 4) is 0 Å². The Balaban J connectivity index is 2.86. The van der Waals surface area contributed by atoms with Crippen LogP contribution in [0, 0.1) is 0 Å². The van der Waals surface area contributed by atoms with Crippen molar-refractivity contribution in [2.75, 3.05) is 6.61 Å². The van der Waals surface area contributed by atoms with Gasteiger partial charge in [-0.25, -0.2) is 0 Å². The zero-order chi connectivity index (χ0) is 11.6. The van der Waals surface area contributed by atoms with E-state index < -0.39 is 36.8 Å². The van der Waals surface area contributed by atoms with Gasteiger partial charge in [0.2, 0.25) is 0 Å². The molecule has 0 radical (unpaired) electrons. The average molecular weight is 220 g/mol. The van der Waals surface area contributed by atoms with Crippen LogP contribution in [-0.4, -0.2) is 62.3 Å². The van der Waals surface area contributed by atoms with Gasteiger partial charge in [0.15, 0.2) is 5.79 Å². The van der Waals surface area contributed by atoms with Crippen molar-refractivity contribution in [2.45, 2.75) is 36.6 Å². The molecule has 5 N–H and O–H groups in total. The SMILES string of the molecule is C=CC[C@]1(O)O[C@H](CO)[C@H](O)[C@H](O)[C@H]1O. The molecule has 0 aliphatic carbocycles. The molecule has 1 rings (SSSR count). The minimum absolute atomic E-state index is 0.117. The van der Waals surface area contributed by atoms with Crippen molar-refractivity contribution in [2.24, 2.45) is 0 Å². The first-order valence-corrected chi connectivity index (χ1v) is 4.62. The maximum atomic E-state index is 9.80. The third-order valence-corrected chi connectivity index (χ3v) is 2.49. The lowest BCUT2D eigenvalue weighted by Gasteiger charge is -2.45. The fourth-order valence-corrected chi connectivity index (χ4v) is 1.60. The van der Waals surface area contributed by atoms with E-state index in [9.17, 15) is 20.4 Å². The molecule has 15 heavy (non-hydrogen) atoms. The van der Waals surface area contributed by atoms with E-state index in [2.05, 4.69) is 6.58 Å². The van der Waals surface area contributed by atoms with Crippen LogP contribution in [0.4, 0.5) is 0 Å². The minimum atomic E-state index is -2.02. The standard InChI is InChI=1S/C9H16O6/c1-2-3-9(14)8(13)7(12)6(11)5(4-10)15-9/h2,5-8,10-14H,1,3-4H2/t5-,6+,7+,8-,9+/m1/s1. The van der Waals surface area contributed by atoms with Crippen LogP contribution >= 0.6 is 0 Å². The summed E-state index contributed by atoms with van der Waals surface area (Å²) < 4.78 is 4.93. The summed E-state index contributed by atoms with van der Waals surface area (Å²) in [5.74, 6) is -2.02. The molecule has 1 heterocycles. The topological polar surface area (TPSA) is 110 Å². The summed E-state index contributed by atoms with van der Waals surface area (Å²) in [6.07, 6.45) is -4.59. The lowest BCUT2D eigenvalue weighted by Crippen LogP contribution is -2.64. The van der Waals surface area contributed by atoms with E-state index in [1.807, 2.05) is 0 Å². The Labute approximate surface area is 87.0 Å². The van der Waals surface area contributed by atoms with Crippen molar-refractivity contribution >= 4 is 0 Å². The smallest absolute Gasteiger partial charge is 0.198 e. The molecule has 0 bridgehead atoms. The first-order chi connectivity index (χ1) is 6.96. The van der Waals surface area contributed by atoms with Crippen LogP contribution in [0.2, 0.25) is 0 Å². The van der Waals surface area contributed by atoms with E-state index in [0.29, 0.717) is 0 Å². The van der Waals surface area contributed by atoms with Crippen molar-refractivity contribution < 1.29 is 30.3 Å². The number of rotatable bonds is 3. The molecule has 0 unspecified atom stereocenters. The summed E-state index contributed by atoms with van der Waals surface area (Å²) in [4.78, 5) is 0. The number of hydrogen-bond donors (Lipinski definition) is 5. The van der Waals surface area contributed by atoms with Crippen molar-refractivity contribution in [3.63, 3.8) is 0 Å². The molecule has 1 aliphatic heterocycles. The normalized spacial score (nSPS) is 46.5. The zero-order valence-corrected chi connectivity index (χ0v) is 8.15. The number of ether oxygens (including phenoxy) is 1. The molecule has 0 saturated carbocycles. The van der Waals surface area contributed by atoms with E-state index in [1.165, 1.54) is 6.08 Å². The molecule has 6 heteroatoms. The predicted molar refractivity (Wildman–Crippen MR) is 49.7 cm³/mol. The fourth-order valence-electron chi connectivity index (χ4n) is 1.60. The van der Waals surface area contributed by atoms with Crippen molar-refractivity contribution in [1.29, 1.82) is 0 Å². The largest absolute Gasteiger partial charge is 0.394 e. The van der Waals surface area contributed by atoms with Crippen molar-refractivity contribution in [3.05, 3.63) is 12.7 Å². The number of aliphatic hydroxyl groups is 5. The third kappa shape index (κ3) is 2.20. The zero-order valence-electron chi connectivity index (χ0n) is 8.15. The number of hydrogen-bond acceptors (Lipinski definition) is 6. The second-order valence-corrected chi connectivity index (χ2v) is 3.60. The molecule has 5 atom stereocenters. The van der Waals surface area contributed by atoms with Crippen LogP contribution in [0.5, 0.6) is 0 Å². The summed E-state index contributed by atoms with van der Waals surface area (Å²) in [6, 6.07) is 0.